The van der Waals surface area contributed by atoms with Crippen LogP contribution in [0, 0.1) is 5.82 Å². The number of ether oxygens (including phenoxy) is 1. The van der Waals surface area contributed by atoms with E-state index >= 15 is 0 Å². The minimum Gasteiger partial charge on any atom is -0.383 e. The van der Waals surface area contributed by atoms with Crippen molar-refractivity contribution in [1.29, 1.82) is 0 Å². The summed E-state index contributed by atoms with van der Waals surface area (Å²) >= 11 is 0. The first-order valence-electron chi connectivity index (χ1n) is 6.13. The van der Waals surface area contributed by atoms with Crippen LogP contribution < -0.4 is 5.32 Å². The van der Waals surface area contributed by atoms with Crippen LogP contribution in [-0.4, -0.2) is 30.8 Å². The Bertz CT molecular complexity index is 598. The van der Waals surface area contributed by atoms with Crippen LogP contribution in [0.25, 0.3) is 11.3 Å². The Hall–Kier alpha value is -2.21. The molecule has 0 fully saturated rings. The molecule has 6 heteroatoms. The monoisotopic (exact) mass is 278 g/mol. The van der Waals surface area contributed by atoms with E-state index in [1.807, 2.05) is 0 Å². The zero-order valence-electron chi connectivity index (χ0n) is 11.2. The molecule has 20 heavy (non-hydrogen) atoms. The Morgan fingerprint density at radius 2 is 2.25 bits per heavy atom. The third-order valence-corrected chi connectivity index (χ3v) is 2.68. The van der Waals surface area contributed by atoms with Crippen molar-refractivity contribution in [3.8, 4) is 11.3 Å². The number of benzene rings is 1. The smallest absolute Gasteiger partial charge is 0.290 e. The standard InChI is InChI=1S/C14H15FN2O3/c1-9(8-19-2)16-14(18)13-7-12(17-20-13)10-5-3-4-6-11(10)15/h3-7,9H,8H2,1-2H3,(H,16,18)/t9-/m1/s1. The number of rotatable bonds is 5. The number of carbonyl (C=O) groups excluding carboxylic acids is 1. The molecule has 0 aliphatic carbocycles. The highest BCUT2D eigenvalue weighted by molar-refractivity contribution is 5.92. The van der Waals surface area contributed by atoms with E-state index in [1.54, 1.807) is 32.2 Å². The van der Waals surface area contributed by atoms with Gasteiger partial charge < -0.3 is 14.6 Å². The summed E-state index contributed by atoms with van der Waals surface area (Å²) in [6, 6.07) is 7.42. The second-order valence-corrected chi connectivity index (χ2v) is 4.39. The van der Waals surface area contributed by atoms with Crippen molar-refractivity contribution < 1.29 is 18.4 Å². The minimum atomic E-state index is -0.416. The molecule has 0 bridgehead atoms. The van der Waals surface area contributed by atoms with Gasteiger partial charge in [0.2, 0.25) is 5.76 Å². The highest BCUT2D eigenvalue weighted by atomic mass is 19.1. The van der Waals surface area contributed by atoms with E-state index < -0.39 is 11.7 Å². The fraction of sp³-hybridized carbons (Fsp3) is 0.286. The van der Waals surface area contributed by atoms with E-state index in [0.717, 1.165) is 0 Å². The molecule has 0 saturated heterocycles. The van der Waals surface area contributed by atoms with Crippen molar-refractivity contribution in [2.75, 3.05) is 13.7 Å². The lowest BCUT2D eigenvalue weighted by Crippen LogP contribution is -2.35. The summed E-state index contributed by atoms with van der Waals surface area (Å²) in [7, 11) is 1.55. The first-order valence-corrected chi connectivity index (χ1v) is 6.13. The average Bonchev–Trinajstić information content (AvgIpc) is 2.89. The quantitative estimate of drug-likeness (QED) is 0.911. The van der Waals surface area contributed by atoms with Gasteiger partial charge in [0.05, 0.1) is 6.61 Å². The lowest BCUT2D eigenvalue weighted by atomic mass is 10.1. The summed E-state index contributed by atoms with van der Waals surface area (Å²) in [6.45, 7) is 2.19. The predicted molar refractivity (Wildman–Crippen MR) is 70.7 cm³/mol. The normalized spacial score (nSPS) is 12.2. The number of methoxy groups -OCH3 is 1. The summed E-state index contributed by atoms with van der Waals surface area (Å²) in [6.07, 6.45) is 0. The maximum Gasteiger partial charge on any atom is 0.290 e. The third kappa shape index (κ3) is 3.21. The lowest BCUT2D eigenvalue weighted by Gasteiger charge is -2.10. The molecule has 0 saturated carbocycles. The largest absolute Gasteiger partial charge is 0.383 e. The van der Waals surface area contributed by atoms with Gasteiger partial charge in [-0.25, -0.2) is 4.39 Å². The molecule has 106 valence electrons. The molecule has 1 aromatic heterocycles. The van der Waals surface area contributed by atoms with Crippen molar-refractivity contribution in [2.24, 2.45) is 0 Å². The molecule has 0 spiro atoms. The molecular weight excluding hydrogens is 263 g/mol. The van der Waals surface area contributed by atoms with Crippen LogP contribution in [0.5, 0.6) is 0 Å². The van der Waals surface area contributed by atoms with Crippen molar-refractivity contribution in [1.82, 2.24) is 10.5 Å². The number of nitrogens with one attached hydrogen (secondary N) is 1. The minimum absolute atomic E-state index is 0.0335. The van der Waals surface area contributed by atoms with Crippen LogP contribution in [0.1, 0.15) is 17.5 Å². The van der Waals surface area contributed by atoms with E-state index in [4.69, 9.17) is 9.26 Å². The predicted octanol–water partition coefficient (Wildman–Crippen LogP) is 2.25. The zero-order valence-corrected chi connectivity index (χ0v) is 11.2. The highest BCUT2D eigenvalue weighted by Crippen LogP contribution is 2.22. The van der Waals surface area contributed by atoms with Gasteiger partial charge in [-0.2, -0.15) is 0 Å². The van der Waals surface area contributed by atoms with Gasteiger partial charge in [0.1, 0.15) is 11.5 Å². The Labute approximate surface area is 115 Å². The Morgan fingerprint density at radius 3 is 2.95 bits per heavy atom. The molecule has 0 unspecified atom stereocenters. The van der Waals surface area contributed by atoms with Gasteiger partial charge in [0.15, 0.2) is 0 Å². The van der Waals surface area contributed by atoms with Crippen molar-refractivity contribution in [2.45, 2.75) is 13.0 Å². The lowest BCUT2D eigenvalue weighted by molar-refractivity contribution is 0.0869. The fourth-order valence-corrected chi connectivity index (χ4v) is 1.76. The number of hydrogen-bond acceptors (Lipinski definition) is 4. The van der Waals surface area contributed by atoms with Crippen molar-refractivity contribution in [3.05, 3.63) is 41.9 Å². The van der Waals surface area contributed by atoms with Crippen LogP contribution in [0.2, 0.25) is 0 Å². The topological polar surface area (TPSA) is 64.4 Å². The molecule has 1 aromatic carbocycles. The second kappa shape index (κ2) is 6.29. The molecular formula is C14H15FN2O3. The number of aromatic nitrogens is 1. The first-order chi connectivity index (χ1) is 9.61. The van der Waals surface area contributed by atoms with Crippen LogP contribution >= 0.6 is 0 Å². The van der Waals surface area contributed by atoms with E-state index in [2.05, 4.69) is 10.5 Å². The van der Waals surface area contributed by atoms with Gasteiger partial charge in [-0.15, -0.1) is 0 Å². The molecule has 0 radical (unpaired) electrons. The number of amides is 1. The van der Waals surface area contributed by atoms with Gasteiger partial charge in [0.25, 0.3) is 5.91 Å². The van der Waals surface area contributed by atoms with Gasteiger partial charge >= 0.3 is 0 Å². The molecule has 0 aliphatic rings. The molecule has 2 aromatic rings. The fourth-order valence-electron chi connectivity index (χ4n) is 1.76. The molecule has 1 amide bonds. The Balaban J connectivity index is 2.13. The maximum atomic E-state index is 13.6. The Morgan fingerprint density at radius 1 is 1.50 bits per heavy atom. The van der Waals surface area contributed by atoms with Crippen molar-refractivity contribution in [3.63, 3.8) is 0 Å². The second-order valence-electron chi connectivity index (χ2n) is 4.39. The zero-order chi connectivity index (χ0) is 14.5. The van der Waals surface area contributed by atoms with Crippen molar-refractivity contribution >= 4 is 5.91 Å². The SMILES string of the molecule is COC[C@@H](C)NC(=O)c1cc(-c2ccccc2F)no1. The number of carbonyl (C=O) groups is 1. The molecule has 1 atom stereocenters. The van der Waals surface area contributed by atoms with E-state index in [-0.39, 0.29) is 17.5 Å². The van der Waals surface area contributed by atoms with E-state index in [1.165, 1.54) is 12.1 Å². The van der Waals surface area contributed by atoms with Crippen LogP contribution in [0.4, 0.5) is 4.39 Å². The summed E-state index contributed by atoms with van der Waals surface area (Å²) < 4.78 is 23.5. The molecule has 1 heterocycles. The molecule has 5 nitrogen and oxygen atoms in total. The highest BCUT2D eigenvalue weighted by Gasteiger charge is 2.17. The number of hydrogen-bond donors (Lipinski definition) is 1. The van der Waals surface area contributed by atoms with Crippen LogP contribution in [-0.2, 0) is 4.74 Å². The maximum absolute atomic E-state index is 13.6. The third-order valence-electron chi connectivity index (χ3n) is 2.68. The van der Waals surface area contributed by atoms with E-state index in [9.17, 15) is 9.18 Å². The summed E-state index contributed by atoms with van der Waals surface area (Å²) in [4.78, 5) is 11.9. The van der Waals surface area contributed by atoms with E-state index in [0.29, 0.717) is 12.2 Å². The molecule has 1 N–H and O–H groups in total. The van der Waals surface area contributed by atoms with Crippen LogP contribution in [0.3, 0.4) is 0 Å². The summed E-state index contributed by atoms with van der Waals surface area (Å²) in [5.74, 6) is -0.795. The van der Waals surface area contributed by atoms with Gasteiger partial charge in [-0.3, -0.25) is 4.79 Å². The number of halogens is 1. The van der Waals surface area contributed by atoms with Gasteiger partial charge in [-0.05, 0) is 19.1 Å². The molecule has 0 aliphatic heterocycles. The summed E-state index contributed by atoms with van der Waals surface area (Å²) in [5.41, 5.74) is 0.577. The average molecular weight is 278 g/mol. The van der Waals surface area contributed by atoms with Gasteiger partial charge in [-0.1, -0.05) is 17.3 Å². The first kappa shape index (κ1) is 14.2. The van der Waals surface area contributed by atoms with Crippen LogP contribution in [0.15, 0.2) is 34.9 Å². The number of nitrogens with zero attached hydrogens (tertiary/aromatic N) is 1. The summed E-state index contributed by atoms with van der Waals surface area (Å²) in [5, 5.41) is 6.40. The molecule has 2 rings (SSSR count). The van der Waals surface area contributed by atoms with Gasteiger partial charge in [0, 0.05) is 24.8 Å². The Kier molecular flexibility index (Phi) is 4.47.